The van der Waals surface area contributed by atoms with E-state index in [2.05, 4.69) is 25.8 Å². The minimum Gasteiger partial charge on any atom is -0.303 e. The van der Waals surface area contributed by atoms with Crippen molar-refractivity contribution < 1.29 is 0 Å². The molecule has 0 saturated carbocycles. The standard InChI is InChI=1S/C8H17N/c1-7(2)6-8-4-5-9(8)3/h7-8H,4-6H2,1-3H3. The van der Waals surface area contributed by atoms with E-state index in [4.69, 9.17) is 0 Å². The molecule has 1 heteroatoms. The molecular weight excluding hydrogens is 110 g/mol. The van der Waals surface area contributed by atoms with Gasteiger partial charge in [0.2, 0.25) is 0 Å². The molecule has 1 unspecified atom stereocenters. The Balaban J connectivity index is 2.13. The molecular formula is C8H17N. The van der Waals surface area contributed by atoms with Crippen LogP contribution in [0.3, 0.4) is 0 Å². The lowest BCUT2D eigenvalue weighted by molar-refractivity contribution is 0.107. The highest BCUT2D eigenvalue weighted by molar-refractivity contribution is 4.79. The Morgan fingerprint density at radius 1 is 1.56 bits per heavy atom. The second-order valence-corrected chi connectivity index (χ2v) is 3.55. The molecule has 1 aliphatic rings. The molecule has 0 amide bonds. The third-order valence-corrected chi connectivity index (χ3v) is 2.18. The lowest BCUT2D eigenvalue weighted by Crippen LogP contribution is -2.45. The molecule has 1 nitrogen and oxygen atoms in total. The number of rotatable bonds is 2. The van der Waals surface area contributed by atoms with Crippen LogP contribution < -0.4 is 0 Å². The summed E-state index contributed by atoms with van der Waals surface area (Å²) in [7, 11) is 2.22. The van der Waals surface area contributed by atoms with E-state index in [9.17, 15) is 0 Å². The van der Waals surface area contributed by atoms with Gasteiger partial charge in [-0.1, -0.05) is 13.8 Å². The molecule has 1 aliphatic heterocycles. The molecule has 54 valence electrons. The molecule has 0 aromatic rings. The summed E-state index contributed by atoms with van der Waals surface area (Å²) in [5, 5.41) is 0. The van der Waals surface area contributed by atoms with Crippen LogP contribution in [-0.4, -0.2) is 24.5 Å². The Morgan fingerprint density at radius 3 is 2.33 bits per heavy atom. The van der Waals surface area contributed by atoms with E-state index in [1.165, 1.54) is 19.4 Å². The Morgan fingerprint density at radius 2 is 2.22 bits per heavy atom. The summed E-state index contributed by atoms with van der Waals surface area (Å²) in [5.74, 6) is 0.873. The first-order valence-corrected chi connectivity index (χ1v) is 3.90. The summed E-state index contributed by atoms with van der Waals surface area (Å²) in [5.41, 5.74) is 0. The quantitative estimate of drug-likeness (QED) is 0.546. The fourth-order valence-corrected chi connectivity index (χ4v) is 1.41. The average molecular weight is 127 g/mol. The Kier molecular flexibility index (Phi) is 2.12. The van der Waals surface area contributed by atoms with Gasteiger partial charge in [-0.3, -0.25) is 0 Å². The summed E-state index contributed by atoms with van der Waals surface area (Å²) in [6.07, 6.45) is 2.81. The first-order chi connectivity index (χ1) is 4.20. The third kappa shape index (κ3) is 1.68. The van der Waals surface area contributed by atoms with E-state index < -0.39 is 0 Å². The van der Waals surface area contributed by atoms with Crippen LogP contribution in [0.2, 0.25) is 0 Å². The highest BCUT2D eigenvalue weighted by Gasteiger charge is 2.23. The molecule has 9 heavy (non-hydrogen) atoms. The van der Waals surface area contributed by atoms with Gasteiger partial charge in [-0.2, -0.15) is 0 Å². The van der Waals surface area contributed by atoms with Crippen molar-refractivity contribution in [1.82, 2.24) is 4.90 Å². The predicted octanol–water partition coefficient (Wildman–Crippen LogP) is 1.74. The fraction of sp³-hybridized carbons (Fsp3) is 1.00. The molecule has 0 radical (unpaired) electrons. The lowest BCUT2D eigenvalue weighted by atomic mass is 9.94. The Hall–Kier alpha value is -0.0400. The maximum atomic E-state index is 2.44. The fourth-order valence-electron chi connectivity index (χ4n) is 1.41. The van der Waals surface area contributed by atoms with Gasteiger partial charge in [0.15, 0.2) is 0 Å². The van der Waals surface area contributed by atoms with Crippen LogP contribution in [0, 0.1) is 5.92 Å². The zero-order valence-electron chi connectivity index (χ0n) is 6.72. The monoisotopic (exact) mass is 127 g/mol. The molecule has 1 heterocycles. The van der Waals surface area contributed by atoms with Crippen LogP contribution >= 0.6 is 0 Å². The van der Waals surface area contributed by atoms with Gasteiger partial charge in [0.05, 0.1) is 0 Å². The molecule has 1 saturated heterocycles. The van der Waals surface area contributed by atoms with Gasteiger partial charge < -0.3 is 4.90 Å². The molecule has 0 aromatic carbocycles. The maximum absolute atomic E-state index is 2.44. The predicted molar refractivity (Wildman–Crippen MR) is 40.5 cm³/mol. The van der Waals surface area contributed by atoms with Crippen LogP contribution in [0.5, 0.6) is 0 Å². The third-order valence-electron chi connectivity index (χ3n) is 2.18. The second-order valence-electron chi connectivity index (χ2n) is 3.55. The second kappa shape index (κ2) is 2.70. The van der Waals surface area contributed by atoms with E-state index in [1.54, 1.807) is 0 Å². The van der Waals surface area contributed by atoms with Crippen LogP contribution in [0.25, 0.3) is 0 Å². The minimum atomic E-state index is 0.873. The summed E-state index contributed by atoms with van der Waals surface area (Å²) in [4.78, 5) is 2.44. The topological polar surface area (TPSA) is 3.24 Å². The number of likely N-dealkylation sites (tertiary alicyclic amines) is 1. The van der Waals surface area contributed by atoms with E-state index in [1.807, 2.05) is 0 Å². The van der Waals surface area contributed by atoms with Crippen molar-refractivity contribution >= 4 is 0 Å². The van der Waals surface area contributed by atoms with Crippen LogP contribution in [0.1, 0.15) is 26.7 Å². The smallest absolute Gasteiger partial charge is 0.0107 e. The van der Waals surface area contributed by atoms with Crippen molar-refractivity contribution in [2.24, 2.45) is 5.92 Å². The van der Waals surface area contributed by atoms with Crippen LogP contribution in [0.15, 0.2) is 0 Å². The molecule has 0 aliphatic carbocycles. The van der Waals surface area contributed by atoms with Crippen molar-refractivity contribution in [1.29, 1.82) is 0 Å². The SMILES string of the molecule is CC(C)CC1CCN1C. The minimum absolute atomic E-state index is 0.873. The van der Waals surface area contributed by atoms with Gasteiger partial charge in [-0.25, -0.2) is 0 Å². The summed E-state index contributed by atoms with van der Waals surface area (Å²) in [6, 6.07) is 0.907. The largest absolute Gasteiger partial charge is 0.303 e. The summed E-state index contributed by atoms with van der Waals surface area (Å²) in [6.45, 7) is 5.91. The maximum Gasteiger partial charge on any atom is 0.0107 e. The van der Waals surface area contributed by atoms with Crippen LogP contribution in [0.4, 0.5) is 0 Å². The van der Waals surface area contributed by atoms with Crippen molar-refractivity contribution in [3.63, 3.8) is 0 Å². The average Bonchev–Trinajstić information content (AvgIpc) is 1.79. The van der Waals surface area contributed by atoms with Crippen molar-refractivity contribution in [2.45, 2.75) is 32.7 Å². The van der Waals surface area contributed by atoms with E-state index in [-0.39, 0.29) is 0 Å². The normalized spacial score (nSPS) is 28.7. The van der Waals surface area contributed by atoms with E-state index >= 15 is 0 Å². The van der Waals surface area contributed by atoms with Gasteiger partial charge in [-0.15, -0.1) is 0 Å². The number of hydrogen-bond donors (Lipinski definition) is 0. The molecule has 0 spiro atoms. The van der Waals surface area contributed by atoms with Crippen molar-refractivity contribution in [3.8, 4) is 0 Å². The molecule has 0 bridgehead atoms. The summed E-state index contributed by atoms with van der Waals surface area (Å²) >= 11 is 0. The highest BCUT2D eigenvalue weighted by atomic mass is 15.2. The molecule has 1 atom stereocenters. The highest BCUT2D eigenvalue weighted by Crippen LogP contribution is 2.21. The Labute approximate surface area is 58.0 Å². The van der Waals surface area contributed by atoms with Crippen LogP contribution in [-0.2, 0) is 0 Å². The van der Waals surface area contributed by atoms with E-state index in [0.29, 0.717) is 0 Å². The molecule has 1 rings (SSSR count). The van der Waals surface area contributed by atoms with Gasteiger partial charge in [0.1, 0.15) is 0 Å². The molecule has 1 fully saturated rings. The molecule has 0 aromatic heterocycles. The number of hydrogen-bond acceptors (Lipinski definition) is 1. The molecule has 0 N–H and O–H groups in total. The van der Waals surface area contributed by atoms with Gasteiger partial charge in [0.25, 0.3) is 0 Å². The van der Waals surface area contributed by atoms with Crippen molar-refractivity contribution in [2.75, 3.05) is 13.6 Å². The summed E-state index contributed by atoms with van der Waals surface area (Å²) < 4.78 is 0. The van der Waals surface area contributed by atoms with Gasteiger partial charge >= 0.3 is 0 Å². The van der Waals surface area contributed by atoms with Crippen molar-refractivity contribution in [3.05, 3.63) is 0 Å². The zero-order chi connectivity index (χ0) is 6.85. The first-order valence-electron chi connectivity index (χ1n) is 3.90. The van der Waals surface area contributed by atoms with Gasteiger partial charge in [-0.05, 0) is 32.4 Å². The van der Waals surface area contributed by atoms with Gasteiger partial charge in [0, 0.05) is 6.04 Å². The lowest BCUT2D eigenvalue weighted by Gasteiger charge is -2.38. The van der Waals surface area contributed by atoms with E-state index in [0.717, 1.165) is 12.0 Å². The zero-order valence-corrected chi connectivity index (χ0v) is 6.72. The Bertz CT molecular complexity index is 88.6. The number of nitrogens with zero attached hydrogens (tertiary/aromatic N) is 1. The first kappa shape index (κ1) is 7.07.